The number of carbonyl (C=O) groups is 1. The van der Waals surface area contributed by atoms with E-state index in [1.165, 1.54) is 25.3 Å². The summed E-state index contributed by atoms with van der Waals surface area (Å²) in [5.41, 5.74) is 0. The Morgan fingerprint density at radius 1 is 1.62 bits per heavy atom. The van der Waals surface area contributed by atoms with Crippen molar-refractivity contribution in [2.75, 3.05) is 0 Å². The maximum absolute atomic E-state index is 10.4. The van der Waals surface area contributed by atoms with Crippen LogP contribution < -0.4 is 4.74 Å². The first-order chi connectivity index (χ1) is 6.09. The van der Waals surface area contributed by atoms with Crippen LogP contribution in [0.15, 0.2) is 18.3 Å². The summed E-state index contributed by atoms with van der Waals surface area (Å²) in [7, 11) is 0. The zero-order chi connectivity index (χ0) is 9.84. The number of aromatic hydroxyl groups is 1. The number of rotatable bonds is 3. The Balaban J connectivity index is 2.64. The number of ether oxygens (including phenoxy) is 1. The summed E-state index contributed by atoms with van der Waals surface area (Å²) in [5, 5.41) is 17.4. The molecule has 1 aromatic rings. The third kappa shape index (κ3) is 2.62. The highest BCUT2D eigenvalue weighted by atomic mass is 16.5. The molecule has 0 fully saturated rings. The molecule has 1 heterocycles. The predicted molar refractivity (Wildman–Crippen MR) is 43.6 cm³/mol. The summed E-state index contributed by atoms with van der Waals surface area (Å²) in [6, 6.07) is 2.77. The van der Waals surface area contributed by atoms with E-state index in [2.05, 4.69) is 4.98 Å². The van der Waals surface area contributed by atoms with Crippen molar-refractivity contribution in [2.24, 2.45) is 0 Å². The van der Waals surface area contributed by atoms with Crippen LogP contribution in [0.5, 0.6) is 11.6 Å². The second-order valence-corrected chi connectivity index (χ2v) is 2.45. The van der Waals surface area contributed by atoms with Crippen molar-refractivity contribution >= 4 is 5.97 Å². The van der Waals surface area contributed by atoms with Gasteiger partial charge in [-0.3, -0.25) is 0 Å². The van der Waals surface area contributed by atoms with Crippen molar-refractivity contribution in [2.45, 2.75) is 13.0 Å². The van der Waals surface area contributed by atoms with E-state index in [1.54, 1.807) is 0 Å². The first-order valence-electron chi connectivity index (χ1n) is 3.64. The smallest absolute Gasteiger partial charge is 0.344 e. The van der Waals surface area contributed by atoms with Crippen LogP contribution in [0.1, 0.15) is 6.92 Å². The van der Waals surface area contributed by atoms with Crippen molar-refractivity contribution < 1.29 is 19.7 Å². The van der Waals surface area contributed by atoms with Crippen LogP contribution in [-0.4, -0.2) is 27.3 Å². The fraction of sp³-hybridized carbons (Fsp3) is 0.250. The monoisotopic (exact) mass is 183 g/mol. The highest BCUT2D eigenvalue weighted by molar-refractivity contribution is 5.72. The number of carboxylic acid groups (broad SMARTS) is 1. The number of nitrogens with zero attached hydrogens (tertiary/aromatic N) is 1. The molecule has 0 aliphatic carbocycles. The topological polar surface area (TPSA) is 79.7 Å². The van der Waals surface area contributed by atoms with Crippen LogP contribution in [0.2, 0.25) is 0 Å². The first-order valence-corrected chi connectivity index (χ1v) is 3.64. The van der Waals surface area contributed by atoms with E-state index < -0.39 is 12.1 Å². The number of hydrogen-bond acceptors (Lipinski definition) is 4. The van der Waals surface area contributed by atoms with E-state index in [4.69, 9.17) is 14.9 Å². The lowest BCUT2D eigenvalue weighted by atomic mass is 10.4. The molecule has 1 aromatic heterocycles. The Hall–Kier alpha value is -1.78. The molecule has 0 aromatic carbocycles. The molecule has 1 atom stereocenters. The molecule has 0 aliphatic heterocycles. The summed E-state index contributed by atoms with van der Waals surface area (Å²) in [6.45, 7) is 1.40. The Kier molecular flexibility index (Phi) is 2.69. The average molecular weight is 183 g/mol. The number of carboxylic acids is 1. The minimum Gasteiger partial charge on any atom is -0.506 e. The van der Waals surface area contributed by atoms with Gasteiger partial charge in [0.2, 0.25) is 5.88 Å². The molecular formula is C8H9NO4. The molecule has 0 aliphatic rings. The molecule has 5 heteroatoms. The van der Waals surface area contributed by atoms with Crippen molar-refractivity contribution in [3.63, 3.8) is 0 Å². The molecule has 1 unspecified atom stereocenters. The fourth-order valence-electron chi connectivity index (χ4n) is 0.674. The molecule has 5 nitrogen and oxygen atoms in total. The van der Waals surface area contributed by atoms with E-state index in [1.807, 2.05) is 0 Å². The van der Waals surface area contributed by atoms with E-state index in [0.29, 0.717) is 0 Å². The minimum atomic E-state index is -1.06. The predicted octanol–water partition coefficient (Wildman–Crippen LogP) is 0.639. The van der Waals surface area contributed by atoms with Crippen molar-refractivity contribution in [1.82, 2.24) is 4.98 Å². The lowest BCUT2D eigenvalue weighted by Gasteiger charge is -2.08. The fourth-order valence-corrected chi connectivity index (χ4v) is 0.674. The Morgan fingerprint density at radius 2 is 2.31 bits per heavy atom. The molecule has 0 saturated heterocycles. The van der Waals surface area contributed by atoms with E-state index in [9.17, 15) is 4.79 Å². The van der Waals surface area contributed by atoms with Gasteiger partial charge in [-0.25, -0.2) is 9.78 Å². The molecular weight excluding hydrogens is 174 g/mol. The largest absolute Gasteiger partial charge is 0.506 e. The summed E-state index contributed by atoms with van der Waals surface area (Å²) >= 11 is 0. The van der Waals surface area contributed by atoms with Gasteiger partial charge in [-0.15, -0.1) is 0 Å². The number of hydrogen-bond donors (Lipinski definition) is 2. The normalized spacial score (nSPS) is 12.1. The number of aromatic nitrogens is 1. The lowest BCUT2D eigenvalue weighted by molar-refractivity contribution is -0.144. The van der Waals surface area contributed by atoms with Crippen LogP contribution in [-0.2, 0) is 4.79 Å². The Morgan fingerprint density at radius 3 is 2.77 bits per heavy atom. The summed E-state index contributed by atoms with van der Waals surface area (Å²) in [6.07, 6.45) is 0.237. The quantitative estimate of drug-likeness (QED) is 0.718. The van der Waals surface area contributed by atoms with Gasteiger partial charge in [0.1, 0.15) is 5.75 Å². The van der Waals surface area contributed by atoms with Gasteiger partial charge in [-0.1, -0.05) is 0 Å². The van der Waals surface area contributed by atoms with Crippen LogP contribution in [0.3, 0.4) is 0 Å². The van der Waals surface area contributed by atoms with Crippen molar-refractivity contribution in [1.29, 1.82) is 0 Å². The molecule has 0 spiro atoms. The van der Waals surface area contributed by atoms with Crippen molar-refractivity contribution in [3.05, 3.63) is 18.3 Å². The van der Waals surface area contributed by atoms with Gasteiger partial charge < -0.3 is 14.9 Å². The molecule has 1 rings (SSSR count). The second kappa shape index (κ2) is 3.75. The highest BCUT2D eigenvalue weighted by Crippen LogP contribution is 2.12. The van der Waals surface area contributed by atoms with Crippen LogP contribution in [0.25, 0.3) is 0 Å². The molecule has 0 amide bonds. The second-order valence-electron chi connectivity index (χ2n) is 2.45. The average Bonchev–Trinajstić information content (AvgIpc) is 2.08. The first kappa shape index (κ1) is 9.31. The van der Waals surface area contributed by atoms with Gasteiger partial charge in [0.15, 0.2) is 6.10 Å². The van der Waals surface area contributed by atoms with Gasteiger partial charge >= 0.3 is 5.97 Å². The van der Waals surface area contributed by atoms with Gasteiger partial charge in [-0.05, 0) is 13.0 Å². The summed E-state index contributed by atoms with van der Waals surface area (Å²) in [5.74, 6) is -0.877. The SMILES string of the molecule is CC(Oc1ccc(O)cn1)C(=O)O. The number of pyridine rings is 1. The standard InChI is InChI=1S/C8H9NO4/c1-5(8(11)12)13-7-3-2-6(10)4-9-7/h2-5,10H,1H3,(H,11,12). The van der Waals surface area contributed by atoms with Gasteiger partial charge in [-0.2, -0.15) is 0 Å². The molecule has 13 heavy (non-hydrogen) atoms. The van der Waals surface area contributed by atoms with Crippen LogP contribution in [0, 0.1) is 0 Å². The maximum atomic E-state index is 10.4. The van der Waals surface area contributed by atoms with Crippen molar-refractivity contribution in [3.8, 4) is 11.6 Å². The third-order valence-electron chi connectivity index (χ3n) is 1.37. The van der Waals surface area contributed by atoms with Crippen LogP contribution in [0.4, 0.5) is 0 Å². The molecule has 0 bridgehead atoms. The van der Waals surface area contributed by atoms with Gasteiger partial charge in [0.25, 0.3) is 0 Å². The number of aliphatic carboxylic acids is 1. The Bertz CT molecular complexity index is 296. The molecule has 0 radical (unpaired) electrons. The molecule has 70 valence electrons. The minimum absolute atomic E-state index is 0.00956. The van der Waals surface area contributed by atoms with Gasteiger partial charge in [0, 0.05) is 6.07 Å². The van der Waals surface area contributed by atoms with Crippen LogP contribution >= 0.6 is 0 Å². The Labute approximate surface area is 74.6 Å². The van der Waals surface area contributed by atoms with E-state index in [-0.39, 0.29) is 11.6 Å². The zero-order valence-corrected chi connectivity index (χ0v) is 6.97. The summed E-state index contributed by atoms with van der Waals surface area (Å²) < 4.78 is 4.91. The maximum Gasteiger partial charge on any atom is 0.344 e. The van der Waals surface area contributed by atoms with E-state index >= 15 is 0 Å². The zero-order valence-electron chi connectivity index (χ0n) is 6.97. The molecule has 0 saturated carbocycles. The highest BCUT2D eigenvalue weighted by Gasteiger charge is 2.12. The van der Waals surface area contributed by atoms with E-state index in [0.717, 1.165) is 0 Å². The molecule has 2 N–H and O–H groups in total. The third-order valence-corrected chi connectivity index (χ3v) is 1.37. The van der Waals surface area contributed by atoms with Gasteiger partial charge in [0.05, 0.1) is 6.20 Å². The summed E-state index contributed by atoms with van der Waals surface area (Å²) in [4.78, 5) is 14.0. The lowest BCUT2D eigenvalue weighted by Crippen LogP contribution is -2.23.